The van der Waals surface area contributed by atoms with Crippen LogP contribution in [0.2, 0.25) is 0 Å². The number of urea groups is 1. The Morgan fingerprint density at radius 1 is 1.47 bits per heavy atom. The molecule has 1 aliphatic heterocycles. The van der Waals surface area contributed by atoms with E-state index in [1.165, 1.54) is 0 Å². The topological polar surface area (TPSA) is 58.6 Å². The Morgan fingerprint density at radius 3 is 2.67 bits per heavy atom. The highest BCUT2D eigenvalue weighted by molar-refractivity contribution is 5.96. The molecule has 5 heteroatoms. The number of carbonyl (C=O) groups is 2. The van der Waals surface area contributed by atoms with Gasteiger partial charge in [-0.25, -0.2) is 4.79 Å². The van der Waals surface area contributed by atoms with E-state index >= 15 is 0 Å². The SMILES string of the molecule is COC1(CN2CCC(=O)NC2=O)CCC1. The molecule has 1 N–H and O–H groups in total. The van der Waals surface area contributed by atoms with Crippen LogP contribution < -0.4 is 5.32 Å². The fourth-order valence-corrected chi connectivity index (χ4v) is 2.10. The van der Waals surface area contributed by atoms with E-state index in [1.54, 1.807) is 12.0 Å². The lowest BCUT2D eigenvalue weighted by Crippen LogP contribution is -2.57. The molecule has 2 fully saturated rings. The Labute approximate surface area is 88.8 Å². The van der Waals surface area contributed by atoms with Crippen LogP contribution in [0.5, 0.6) is 0 Å². The van der Waals surface area contributed by atoms with Crippen molar-refractivity contribution in [2.75, 3.05) is 20.2 Å². The van der Waals surface area contributed by atoms with E-state index in [9.17, 15) is 9.59 Å². The van der Waals surface area contributed by atoms with Crippen molar-refractivity contribution in [2.24, 2.45) is 0 Å². The first kappa shape index (κ1) is 10.4. The molecule has 0 radical (unpaired) electrons. The molecule has 3 amide bonds. The average molecular weight is 212 g/mol. The maximum absolute atomic E-state index is 11.5. The Kier molecular flexibility index (Phi) is 2.65. The molecule has 1 heterocycles. The smallest absolute Gasteiger partial charge is 0.324 e. The molecule has 1 aliphatic carbocycles. The summed E-state index contributed by atoms with van der Waals surface area (Å²) in [7, 11) is 1.69. The van der Waals surface area contributed by atoms with Crippen molar-refractivity contribution in [2.45, 2.75) is 31.3 Å². The summed E-state index contributed by atoms with van der Waals surface area (Å²) >= 11 is 0. The first-order chi connectivity index (χ1) is 7.15. The molecule has 0 aromatic carbocycles. The molecule has 84 valence electrons. The number of hydrogen-bond acceptors (Lipinski definition) is 3. The summed E-state index contributed by atoms with van der Waals surface area (Å²) in [6.45, 7) is 1.11. The van der Waals surface area contributed by atoms with Crippen molar-refractivity contribution in [1.82, 2.24) is 10.2 Å². The van der Waals surface area contributed by atoms with Crippen LogP contribution in [-0.4, -0.2) is 42.6 Å². The standard InChI is InChI=1S/C10H16N2O3/c1-15-10(4-2-5-10)7-12-6-3-8(13)11-9(12)14/h2-7H2,1H3,(H,11,13,14). The molecule has 1 saturated heterocycles. The minimum atomic E-state index is -0.283. The van der Waals surface area contributed by atoms with Gasteiger partial charge in [-0.2, -0.15) is 0 Å². The molecule has 2 aliphatic rings. The van der Waals surface area contributed by atoms with Gasteiger partial charge in [-0.15, -0.1) is 0 Å². The molecular weight excluding hydrogens is 196 g/mol. The molecule has 0 atom stereocenters. The first-order valence-corrected chi connectivity index (χ1v) is 5.29. The lowest BCUT2D eigenvalue weighted by atomic mass is 9.79. The summed E-state index contributed by atoms with van der Waals surface area (Å²) < 4.78 is 5.45. The van der Waals surface area contributed by atoms with Crippen molar-refractivity contribution < 1.29 is 14.3 Å². The molecule has 15 heavy (non-hydrogen) atoms. The van der Waals surface area contributed by atoms with Gasteiger partial charge in [0.2, 0.25) is 5.91 Å². The van der Waals surface area contributed by atoms with Crippen molar-refractivity contribution in [3.8, 4) is 0 Å². The molecule has 0 aromatic heterocycles. The highest BCUT2D eigenvalue weighted by Gasteiger charge is 2.40. The molecule has 2 rings (SSSR count). The van der Waals surface area contributed by atoms with Gasteiger partial charge in [0.25, 0.3) is 0 Å². The number of nitrogens with zero attached hydrogens (tertiary/aromatic N) is 1. The zero-order valence-corrected chi connectivity index (χ0v) is 8.91. The van der Waals surface area contributed by atoms with Gasteiger partial charge >= 0.3 is 6.03 Å². The predicted molar refractivity (Wildman–Crippen MR) is 53.3 cm³/mol. The van der Waals surface area contributed by atoms with Crippen LogP contribution in [0, 0.1) is 0 Å². The van der Waals surface area contributed by atoms with Gasteiger partial charge < -0.3 is 9.64 Å². The highest BCUT2D eigenvalue weighted by atomic mass is 16.5. The van der Waals surface area contributed by atoms with Crippen LogP contribution in [0.3, 0.4) is 0 Å². The normalized spacial score (nSPS) is 24.7. The first-order valence-electron chi connectivity index (χ1n) is 5.29. The summed E-state index contributed by atoms with van der Waals surface area (Å²) in [6, 6.07) is -0.283. The van der Waals surface area contributed by atoms with E-state index in [1.807, 2.05) is 0 Å². The lowest BCUT2D eigenvalue weighted by Gasteiger charge is -2.44. The molecule has 0 spiro atoms. The fourth-order valence-electron chi connectivity index (χ4n) is 2.10. The number of carbonyl (C=O) groups excluding carboxylic acids is 2. The van der Waals surface area contributed by atoms with Gasteiger partial charge in [0, 0.05) is 20.1 Å². The number of rotatable bonds is 3. The fraction of sp³-hybridized carbons (Fsp3) is 0.800. The minimum absolute atomic E-state index is 0.155. The highest BCUT2D eigenvalue weighted by Crippen LogP contribution is 2.35. The van der Waals surface area contributed by atoms with Gasteiger partial charge in [0.05, 0.1) is 12.1 Å². The van der Waals surface area contributed by atoms with Crippen LogP contribution in [0.25, 0.3) is 0 Å². The Morgan fingerprint density at radius 2 is 2.20 bits per heavy atom. The summed E-state index contributed by atoms with van der Waals surface area (Å²) in [5, 5.41) is 2.32. The van der Waals surface area contributed by atoms with Crippen molar-refractivity contribution in [1.29, 1.82) is 0 Å². The maximum atomic E-state index is 11.5. The zero-order chi connectivity index (χ0) is 10.9. The number of amides is 3. The predicted octanol–water partition coefficient (Wildman–Crippen LogP) is 0.497. The van der Waals surface area contributed by atoms with Gasteiger partial charge in [-0.1, -0.05) is 0 Å². The van der Waals surface area contributed by atoms with Crippen molar-refractivity contribution >= 4 is 11.9 Å². The quantitative estimate of drug-likeness (QED) is 0.741. The van der Waals surface area contributed by atoms with E-state index in [0.717, 1.165) is 19.3 Å². The second-order valence-corrected chi connectivity index (χ2v) is 4.27. The molecular formula is C10H16N2O3. The number of hydrogen-bond donors (Lipinski definition) is 1. The Hall–Kier alpha value is -1.10. The van der Waals surface area contributed by atoms with E-state index in [-0.39, 0.29) is 17.5 Å². The number of methoxy groups -OCH3 is 1. The lowest BCUT2D eigenvalue weighted by molar-refractivity contribution is -0.123. The maximum Gasteiger partial charge on any atom is 0.324 e. The third-order valence-electron chi connectivity index (χ3n) is 3.32. The van der Waals surface area contributed by atoms with Crippen LogP contribution in [0.1, 0.15) is 25.7 Å². The third kappa shape index (κ3) is 1.97. The average Bonchev–Trinajstić information content (AvgIpc) is 2.14. The number of nitrogens with one attached hydrogen (secondary N) is 1. The monoisotopic (exact) mass is 212 g/mol. The van der Waals surface area contributed by atoms with Gasteiger partial charge in [-0.3, -0.25) is 10.1 Å². The van der Waals surface area contributed by atoms with Crippen LogP contribution in [0.4, 0.5) is 4.79 Å². The largest absolute Gasteiger partial charge is 0.376 e. The Balaban J connectivity index is 1.94. The van der Waals surface area contributed by atoms with Gasteiger partial charge in [-0.05, 0) is 19.3 Å². The second kappa shape index (κ2) is 3.81. The minimum Gasteiger partial charge on any atom is -0.376 e. The zero-order valence-electron chi connectivity index (χ0n) is 8.91. The number of ether oxygens (including phenoxy) is 1. The van der Waals surface area contributed by atoms with Gasteiger partial charge in [0.1, 0.15) is 0 Å². The van der Waals surface area contributed by atoms with Crippen LogP contribution in [0.15, 0.2) is 0 Å². The van der Waals surface area contributed by atoms with Crippen LogP contribution in [-0.2, 0) is 9.53 Å². The van der Waals surface area contributed by atoms with E-state index < -0.39 is 0 Å². The van der Waals surface area contributed by atoms with E-state index in [2.05, 4.69) is 5.32 Å². The van der Waals surface area contributed by atoms with Gasteiger partial charge in [0.15, 0.2) is 0 Å². The molecule has 0 unspecified atom stereocenters. The second-order valence-electron chi connectivity index (χ2n) is 4.27. The summed E-state index contributed by atoms with van der Waals surface area (Å²) in [5.41, 5.74) is -0.155. The van der Waals surface area contributed by atoms with Crippen LogP contribution >= 0.6 is 0 Å². The number of imide groups is 1. The van der Waals surface area contributed by atoms with E-state index in [0.29, 0.717) is 19.5 Å². The summed E-state index contributed by atoms with van der Waals surface area (Å²) in [6.07, 6.45) is 3.55. The molecule has 1 saturated carbocycles. The van der Waals surface area contributed by atoms with Crippen molar-refractivity contribution in [3.63, 3.8) is 0 Å². The summed E-state index contributed by atoms with van der Waals surface area (Å²) in [4.78, 5) is 24.1. The van der Waals surface area contributed by atoms with Crippen molar-refractivity contribution in [3.05, 3.63) is 0 Å². The Bertz CT molecular complexity index is 281. The molecule has 0 aromatic rings. The molecule has 5 nitrogen and oxygen atoms in total. The molecule has 0 bridgehead atoms. The third-order valence-corrected chi connectivity index (χ3v) is 3.32. The van der Waals surface area contributed by atoms with E-state index in [4.69, 9.17) is 4.74 Å². The summed E-state index contributed by atoms with van der Waals surface area (Å²) in [5.74, 6) is -0.184.